The Morgan fingerprint density at radius 2 is 2.05 bits per heavy atom. The van der Waals surface area contributed by atoms with Crippen molar-refractivity contribution in [1.29, 1.82) is 0 Å². The van der Waals surface area contributed by atoms with Gasteiger partial charge in [-0.1, -0.05) is 35.5 Å². The molecule has 0 amide bonds. The first-order chi connectivity index (χ1) is 10.8. The summed E-state index contributed by atoms with van der Waals surface area (Å²) in [7, 11) is 0. The summed E-state index contributed by atoms with van der Waals surface area (Å²) in [5, 5.41) is 8.36. The molecule has 0 aliphatic rings. The highest BCUT2D eigenvalue weighted by atomic mass is 16.5. The van der Waals surface area contributed by atoms with Crippen molar-refractivity contribution < 1.29 is 9.53 Å². The van der Waals surface area contributed by atoms with Crippen LogP contribution in [0, 0.1) is 0 Å². The third kappa shape index (κ3) is 2.74. The van der Waals surface area contributed by atoms with Gasteiger partial charge in [-0.2, -0.15) is 0 Å². The van der Waals surface area contributed by atoms with Gasteiger partial charge in [-0.15, -0.1) is 5.10 Å². The lowest BCUT2D eigenvalue weighted by Crippen LogP contribution is -1.98. The summed E-state index contributed by atoms with van der Waals surface area (Å²) in [6, 6.07) is 13.5. The zero-order valence-corrected chi connectivity index (χ0v) is 12.1. The van der Waals surface area contributed by atoms with Crippen LogP contribution in [0.5, 0.6) is 0 Å². The Kier molecular flexibility index (Phi) is 3.96. The minimum Gasteiger partial charge on any atom is -0.463 e. The van der Waals surface area contributed by atoms with Crippen molar-refractivity contribution in [2.24, 2.45) is 0 Å². The number of benzene rings is 1. The SMILES string of the molecule is CCOC(=O)/C=C/c1ccccc1-c1nnn2ccccc12. The third-order valence-corrected chi connectivity index (χ3v) is 3.22. The molecule has 5 nitrogen and oxygen atoms in total. The molecule has 110 valence electrons. The molecule has 0 aliphatic carbocycles. The van der Waals surface area contributed by atoms with E-state index in [1.165, 1.54) is 6.08 Å². The molecule has 0 radical (unpaired) electrons. The quantitative estimate of drug-likeness (QED) is 0.548. The largest absolute Gasteiger partial charge is 0.463 e. The first-order valence-electron chi connectivity index (χ1n) is 7.04. The molecule has 3 aromatic rings. The number of rotatable bonds is 4. The van der Waals surface area contributed by atoms with Crippen molar-refractivity contribution in [3.8, 4) is 11.3 Å². The minimum atomic E-state index is -0.356. The molecule has 0 saturated heterocycles. The molecule has 0 spiro atoms. The van der Waals surface area contributed by atoms with Crippen LogP contribution in [0.1, 0.15) is 12.5 Å². The van der Waals surface area contributed by atoms with Gasteiger partial charge < -0.3 is 4.74 Å². The maximum atomic E-state index is 11.5. The molecule has 0 fully saturated rings. The van der Waals surface area contributed by atoms with Crippen LogP contribution in [-0.4, -0.2) is 27.4 Å². The molecule has 0 aliphatic heterocycles. The Hall–Kier alpha value is -2.95. The van der Waals surface area contributed by atoms with E-state index in [0.717, 1.165) is 22.3 Å². The maximum absolute atomic E-state index is 11.5. The van der Waals surface area contributed by atoms with Gasteiger partial charge in [-0.3, -0.25) is 0 Å². The predicted molar refractivity (Wildman–Crippen MR) is 84.1 cm³/mol. The molecular weight excluding hydrogens is 278 g/mol. The Morgan fingerprint density at radius 3 is 2.91 bits per heavy atom. The molecule has 5 heteroatoms. The molecule has 0 atom stereocenters. The third-order valence-electron chi connectivity index (χ3n) is 3.22. The molecule has 0 saturated carbocycles. The summed E-state index contributed by atoms with van der Waals surface area (Å²) in [5.41, 5.74) is 3.51. The van der Waals surface area contributed by atoms with E-state index in [-0.39, 0.29) is 5.97 Å². The fourth-order valence-electron chi connectivity index (χ4n) is 2.24. The zero-order chi connectivity index (χ0) is 15.4. The second-order valence-corrected chi connectivity index (χ2v) is 4.64. The lowest BCUT2D eigenvalue weighted by molar-refractivity contribution is -0.137. The zero-order valence-electron chi connectivity index (χ0n) is 12.1. The Bertz CT molecular complexity index is 837. The number of aromatic nitrogens is 3. The van der Waals surface area contributed by atoms with Gasteiger partial charge in [0, 0.05) is 17.8 Å². The fraction of sp³-hybridized carbons (Fsp3) is 0.118. The van der Waals surface area contributed by atoms with Crippen molar-refractivity contribution >= 4 is 17.6 Å². The van der Waals surface area contributed by atoms with Crippen LogP contribution in [-0.2, 0) is 9.53 Å². The van der Waals surface area contributed by atoms with E-state index in [2.05, 4.69) is 10.3 Å². The first-order valence-corrected chi connectivity index (χ1v) is 7.04. The topological polar surface area (TPSA) is 56.5 Å². The maximum Gasteiger partial charge on any atom is 0.330 e. The van der Waals surface area contributed by atoms with Crippen molar-refractivity contribution in [3.63, 3.8) is 0 Å². The monoisotopic (exact) mass is 293 g/mol. The normalized spacial score (nSPS) is 11.1. The average Bonchev–Trinajstić information content (AvgIpc) is 2.97. The number of pyridine rings is 1. The second-order valence-electron chi connectivity index (χ2n) is 4.64. The van der Waals surface area contributed by atoms with Crippen LogP contribution in [0.3, 0.4) is 0 Å². The lowest BCUT2D eigenvalue weighted by Gasteiger charge is -2.03. The van der Waals surface area contributed by atoms with Gasteiger partial charge in [-0.25, -0.2) is 9.31 Å². The summed E-state index contributed by atoms with van der Waals surface area (Å²) in [6.07, 6.45) is 5.01. The number of ether oxygens (including phenoxy) is 1. The van der Waals surface area contributed by atoms with Crippen LogP contribution in [0.2, 0.25) is 0 Å². The Morgan fingerprint density at radius 1 is 1.23 bits per heavy atom. The molecule has 0 bridgehead atoms. The Balaban J connectivity index is 2.03. The summed E-state index contributed by atoms with van der Waals surface area (Å²) < 4.78 is 6.63. The molecule has 0 unspecified atom stereocenters. The van der Waals surface area contributed by atoms with Crippen LogP contribution >= 0.6 is 0 Å². The van der Waals surface area contributed by atoms with Crippen LogP contribution < -0.4 is 0 Å². The minimum absolute atomic E-state index is 0.356. The smallest absolute Gasteiger partial charge is 0.330 e. The lowest BCUT2D eigenvalue weighted by atomic mass is 10.0. The van der Waals surface area contributed by atoms with E-state index in [9.17, 15) is 4.79 Å². The number of hydrogen-bond acceptors (Lipinski definition) is 4. The summed E-state index contributed by atoms with van der Waals surface area (Å²) in [6.45, 7) is 2.14. The van der Waals surface area contributed by atoms with Crippen LogP contribution in [0.4, 0.5) is 0 Å². The molecule has 22 heavy (non-hydrogen) atoms. The molecular formula is C17H15N3O2. The molecule has 2 heterocycles. The van der Waals surface area contributed by atoms with Gasteiger partial charge in [0.1, 0.15) is 5.69 Å². The van der Waals surface area contributed by atoms with E-state index in [0.29, 0.717) is 6.61 Å². The van der Waals surface area contributed by atoms with Gasteiger partial charge in [0.15, 0.2) is 0 Å². The summed E-state index contributed by atoms with van der Waals surface area (Å²) >= 11 is 0. The van der Waals surface area contributed by atoms with E-state index < -0.39 is 0 Å². The molecule has 0 N–H and O–H groups in total. The standard InChI is InChI=1S/C17H15N3O2/c1-2-22-16(21)11-10-13-7-3-4-8-14(13)17-15-9-5-6-12-20(15)19-18-17/h3-12H,2H2,1H3/b11-10+. The first kappa shape index (κ1) is 14.0. The van der Waals surface area contributed by atoms with Crippen molar-refractivity contribution in [2.75, 3.05) is 6.61 Å². The van der Waals surface area contributed by atoms with Crippen LogP contribution in [0.25, 0.3) is 22.9 Å². The van der Waals surface area contributed by atoms with Gasteiger partial charge >= 0.3 is 5.97 Å². The van der Waals surface area contributed by atoms with Gasteiger partial charge in [-0.05, 0) is 30.7 Å². The van der Waals surface area contributed by atoms with E-state index >= 15 is 0 Å². The highest BCUT2D eigenvalue weighted by molar-refractivity contribution is 5.90. The fourth-order valence-corrected chi connectivity index (χ4v) is 2.24. The number of fused-ring (bicyclic) bond motifs is 1. The highest BCUT2D eigenvalue weighted by Crippen LogP contribution is 2.26. The molecule has 1 aromatic carbocycles. The van der Waals surface area contributed by atoms with Crippen molar-refractivity contribution in [3.05, 3.63) is 60.3 Å². The number of nitrogens with zero attached hydrogens (tertiary/aromatic N) is 3. The van der Waals surface area contributed by atoms with Crippen molar-refractivity contribution in [1.82, 2.24) is 14.8 Å². The number of hydrogen-bond donors (Lipinski definition) is 0. The van der Waals surface area contributed by atoms with Gasteiger partial charge in [0.05, 0.1) is 12.1 Å². The molecule has 2 aromatic heterocycles. The van der Waals surface area contributed by atoms with Crippen molar-refractivity contribution in [2.45, 2.75) is 6.92 Å². The van der Waals surface area contributed by atoms with Crippen LogP contribution in [0.15, 0.2) is 54.7 Å². The van der Waals surface area contributed by atoms with E-state index in [1.54, 1.807) is 17.5 Å². The number of carbonyl (C=O) groups is 1. The number of esters is 1. The average molecular weight is 293 g/mol. The summed E-state index contributed by atoms with van der Waals surface area (Å²) in [4.78, 5) is 11.5. The summed E-state index contributed by atoms with van der Waals surface area (Å²) in [5.74, 6) is -0.356. The van der Waals surface area contributed by atoms with E-state index in [1.807, 2.05) is 48.7 Å². The Labute approximate surface area is 127 Å². The molecule has 3 rings (SSSR count). The van der Waals surface area contributed by atoms with E-state index in [4.69, 9.17) is 4.74 Å². The second kappa shape index (κ2) is 6.22. The number of carbonyl (C=O) groups excluding carboxylic acids is 1. The van der Waals surface area contributed by atoms with Gasteiger partial charge in [0.2, 0.25) is 0 Å². The highest BCUT2D eigenvalue weighted by Gasteiger charge is 2.10. The predicted octanol–water partition coefficient (Wildman–Crippen LogP) is 2.97. The van der Waals surface area contributed by atoms with Gasteiger partial charge in [0.25, 0.3) is 0 Å².